The number of ketones is 1. The zero-order valence-corrected chi connectivity index (χ0v) is 11.0. The number of allylic oxidation sites excluding steroid dienone is 1. The van der Waals surface area contributed by atoms with Crippen molar-refractivity contribution in [1.29, 1.82) is 0 Å². The summed E-state index contributed by atoms with van der Waals surface area (Å²) in [5.74, 6) is 1.47. The Hall–Kier alpha value is -0.613. The number of carbonyl (C=O) groups excluding carboxylic acids is 1. The standard InChI is InChI=1S/C11H18O3Si/c1-11(2,3)15(4,5)14-8-6-7(12)9-10(8)13-9/h8H,6H2,1-5H3. The van der Waals surface area contributed by atoms with Gasteiger partial charge in [0.1, 0.15) is 6.10 Å². The Bertz CT molecular complexity index is 349. The van der Waals surface area contributed by atoms with Crippen molar-refractivity contribution in [3.8, 4) is 0 Å². The molecule has 2 rings (SSSR count). The van der Waals surface area contributed by atoms with Crippen LogP contribution in [0.2, 0.25) is 18.1 Å². The highest BCUT2D eigenvalue weighted by Crippen LogP contribution is 2.45. The van der Waals surface area contributed by atoms with E-state index >= 15 is 0 Å². The second-order valence-corrected chi connectivity index (χ2v) is 10.5. The minimum atomic E-state index is -1.78. The van der Waals surface area contributed by atoms with E-state index in [4.69, 9.17) is 9.16 Å². The van der Waals surface area contributed by atoms with Crippen LogP contribution < -0.4 is 0 Å². The van der Waals surface area contributed by atoms with Gasteiger partial charge in [-0.2, -0.15) is 0 Å². The molecular weight excluding hydrogens is 208 g/mol. The van der Waals surface area contributed by atoms with Crippen molar-refractivity contribution >= 4 is 14.1 Å². The van der Waals surface area contributed by atoms with E-state index in [0.29, 0.717) is 12.2 Å². The van der Waals surface area contributed by atoms with Crippen molar-refractivity contribution < 1.29 is 14.0 Å². The molecular formula is C11H18O3Si. The minimum Gasteiger partial charge on any atom is -0.447 e. The van der Waals surface area contributed by atoms with E-state index in [-0.39, 0.29) is 16.9 Å². The highest BCUT2D eigenvalue weighted by molar-refractivity contribution is 6.74. The molecule has 0 aromatic rings. The first-order valence-electron chi connectivity index (χ1n) is 5.35. The molecule has 0 fully saturated rings. The van der Waals surface area contributed by atoms with E-state index in [2.05, 4.69) is 33.9 Å². The van der Waals surface area contributed by atoms with Crippen molar-refractivity contribution in [3.05, 3.63) is 11.5 Å². The molecule has 0 aromatic carbocycles. The number of carbonyl (C=O) groups is 1. The average Bonchev–Trinajstić information content (AvgIpc) is 2.73. The van der Waals surface area contributed by atoms with Gasteiger partial charge >= 0.3 is 0 Å². The third-order valence-corrected chi connectivity index (χ3v) is 8.04. The smallest absolute Gasteiger partial charge is 0.211 e. The highest BCUT2D eigenvalue weighted by atomic mass is 28.4. The first kappa shape index (κ1) is 10.9. The maximum Gasteiger partial charge on any atom is 0.211 e. The van der Waals surface area contributed by atoms with E-state index in [1.54, 1.807) is 0 Å². The number of rotatable bonds is 2. The van der Waals surface area contributed by atoms with Crippen LogP contribution in [-0.4, -0.2) is 20.2 Å². The number of hydrogen-bond donors (Lipinski definition) is 0. The van der Waals surface area contributed by atoms with Crippen LogP contribution >= 0.6 is 0 Å². The van der Waals surface area contributed by atoms with Gasteiger partial charge in [-0.1, -0.05) is 20.8 Å². The van der Waals surface area contributed by atoms with Crippen LogP contribution in [-0.2, 0) is 14.0 Å². The molecule has 0 N–H and O–H groups in total. The van der Waals surface area contributed by atoms with Crippen molar-refractivity contribution in [3.63, 3.8) is 0 Å². The monoisotopic (exact) mass is 226 g/mol. The third-order valence-electron chi connectivity index (χ3n) is 3.55. The Morgan fingerprint density at radius 3 is 2.33 bits per heavy atom. The second-order valence-electron chi connectivity index (χ2n) is 5.79. The average molecular weight is 226 g/mol. The molecule has 0 saturated heterocycles. The first-order valence-corrected chi connectivity index (χ1v) is 8.26. The molecule has 4 heteroatoms. The summed E-state index contributed by atoms with van der Waals surface area (Å²) in [6.45, 7) is 11.0. The van der Waals surface area contributed by atoms with Crippen LogP contribution in [0.25, 0.3) is 0 Å². The molecule has 0 amide bonds. The van der Waals surface area contributed by atoms with Crippen molar-refractivity contribution in [2.45, 2.75) is 51.4 Å². The van der Waals surface area contributed by atoms with Gasteiger partial charge in [0.2, 0.25) is 11.5 Å². The fourth-order valence-electron chi connectivity index (χ4n) is 1.47. The van der Waals surface area contributed by atoms with Crippen molar-refractivity contribution in [2.24, 2.45) is 0 Å². The molecule has 1 unspecified atom stereocenters. The third kappa shape index (κ3) is 1.76. The minimum absolute atomic E-state index is 0.0895. The van der Waals surface area contributed by atoms with Gasteiger partial charge in [-0.25, -0.2) is 0 Å². The van der Waals surface area contributed by atoms with Gasteiger partial charge in [-0.3, -0.25) is 4.79 Å². The summed E-state index contributed by atoms with van der Waals surface area (Å²) in [5.41, 5.74) is 0. The lowest BCUT2D eigenvalue weighted by Crippen LogP contribution is -2.44. The van der Waals surface area contributed by atoms with Crippen molar-refractivity contribution in [1.82, 2.24) is 0 Å². The van der Waals surface area contributed by atoms with Gasteiger partial charge in [0, 0.05) is 6.42 Å². The quantitative estimate of drug-likeness (QED) is 0.679. The Morgan fingerprint density at radius 2 is 2.00 bits per heavy atom. The molecule has 1 aliphatic carbocycles. The molecule has 0 saturated carbocycles. The zero-order valence-electron chi connectivity index (χ0n) is 10.0. The summed E-state index contributed by atoms with van der Waals surface area (Å²) >= 11 is 0. The van der Waals surface area contributed by atoms with Gasteiger partial charge in [0.05, 0.1) is 0 Å². The van der Waals surface area contributed by atoms with Gasteiger partial charge in [0.25, 0.3) is 0 Å². The first-order chi connectivity index (χ1) is 6.72. The predicted octanol–water partition coefficient (Wildman–Crippen LogP) is 2.59. The highest BCUT2D eigenvalue weighted by Gasteiger charge is 2.50. The van der Waals surface area contributed by atoms with E-state index in [9.17, 15) is 4.79 Å². The summed E-state index contributed by atoms with van der Waals surface area (Å²) in [5, 5.41) is 0.175. The molecule has 2 aliphatic rings. The summed E-state index contributed by atoms with van der Waals surface area (Å²) in [6.07, 6.45) is 0.394. The van der Waals surface area contributed by atoms with E-state index in [1.807, 2.05) is 0 Å². The lowest BCUT2D eigenvalue weighted by Gasteiger charge is -2.38. The molecule has 0 aromatic heterocycles. The lowest BCUT2D eigenvalue weighted by atomic mass is 10.2. The summed E-state index contributed by atoms with van der Waals surface area (Å²) < 4.78 is 11.2. The summed E-state index contributed by atoms with van der Waals surface area (Å²) in [7, 11) is -1.78. The summed E-state index contributed by atoms with van der Waals surface area (Å²) in [6, 6.07) is 0. The second kappa shape index (κ2) is 2.95. The normalized spacial score (nSPS) is 25.4. The molecule has 1 heterocycles. The fraction of sp³-hybridized carbons (Fsp3) is 0.727. The van der Waals surface area contributed by atoms with Gasteiger partial charge in [0.15, 0.2) is 14.1 Å². The molecule has 0 bridgehead atoms. The largest absolute Gasteiger partial charge is 0.447 e. The molecule has 0 spiro atoms. The lowest BCUT2D eigenvalue weighted by molar-refractivity contribution is -0.118. The van der Waals surface area contributed by atoms with Crippen LogP contribution in [0.1, 0.15) is 27.2 Å². The van der Waals surface area contributed by atoms with Crippen LogP contribution in [0.3, 0.4) is 0 Å². The fourth-order valence-corrected chi connectivity index (χ4v) is 2.73. The van der Waals surface area contributed by atoms with Gasteiger partial charge < -0.3 is 9.16 Å². The van der Waals surface area contributed by atoms with Crippen LogP contribution in [0, 0.1) is 0 Å². The van der Waals surface area contributed by atoms with Crippen molar-refractivity contribution in [2.75, 3.05) is 0 Å². The van der Waals surface area contributed by atoms with Crippen LogP contribution in [0.15, 0.2) is 11.5 Å². The Labute approximate surface area is 91.6 Å². The topological polar surface area (TPSA) is 38.8 Å². The SMILES string of the molecule is CC(C)(C)[Si](C)(C)OC1CC(=O)C2=C1O2. The maximum absolute atomic E-state index is 11.3. The predicted molar refractivity (Wildman–Crippen MR) is 59.8 cm³/mol. The Kier molecular flexibility index (Phi) is 2.14. The molecule has 15 heavy (non-hydrogen) atoms. The number of hydrogen-bond acceptors (Lipinski definition) is 3. The number of ether oxygens (including phenoxy) is 1. The van der Waals surface area contributed by atoms with Gasteiger partial charge in [-0.15, -0.1) is 0 Å². The molecule has 3 nitrogen and oxygen atoms in total. The molecule has 84 valence electrons. The van der Waals surface area contributed by atoms with E-state index < -0.39 is 8.32 Å². The van der Waals surface area contributed by atoms with E-state index in [0.717, 1.165) is 5.76 Å². The van der Waals surface area contributed by atoms with Gasteiger partial charge in [-0.05, 0) is 18.1 Å². The zero-order chi connectivity index (χ0) is 11.4. The number of Topliss-reactive ketones (excluding diaryl/α,β-unsaturated/α-hetero) is 1. The summed E-state index contributed by atoms with van der Waals surface area (Å²) in [4.78, 5) is 11.3. The van der Waals surface area contributed by atoms with Crippen LogP contribution in [0.5, 0.6) is 0 Å². The molecule has 1 atom stereocenters. The van der Waals surface area contributed by atoms with E-state index in [1.165, 1.54) is 0 Å². The Morgan fingerprint density at radius 1 is 1.40 bits per heavy atom. The van der Waals surface area contributed by atoms with Crippen LogP contribution in [0.4, 0.5) is 0 Å². The molecule has 0 radical (unpaired) electrons. The Balaban J connectivity index is 2.05. The molecule has 1 aliphatic heterocycles. The maximum atomic E-state index is 11.3.